The van der Waals surface area contributed by atoms with Crippen LogP contribution in [-0.4, -0.2) is 11.6 Å². The van der Waals surface area contributed by atoms with Crippen molar-refractivity contribution in [1.29, 1.82) is 0 Å². The Morgan fingerprint density at radius 1 is 0.903 bits per heavy atom. The molecule has 0 spiro atoms. The summed E-state index contributed by atoms with van der Waals surface area (Å²) in [5.74, 6) is 1.07. The van der Waals surface area contributed by atoms with Gasteiger partial charge in [-0.25, -0.2) is 5.43 Å². The molecule has 0 heterocycles. The maximum absolute atomic E-state index is 12.4. The number of benzene rings is 3. The highest BCUT2D eigenvalue weighted by atomic mass is 16.5. The molecule has 160 valence electrons. The van der Waals surface area contributed by atoms with Crippen LogP contribution in [0.5, 0.6) is 5.75 Å². The van der Waals surface area contributed by atoms with Crippen molar-refractivity contribution in [3.05, 3.63) is 100 Å². The first-order valence-corrected chi connectivity index (χ1v) is 10.6. The van der Waals surface area contributed by atoms with Crippen LogP contribution >= 0.6 is 0 Å². The summed E-state index contributed by atoms with van der Waals surface area (Å²) in [5.41, 5.74) is 9.50. The van der Waals surface area contributed by atoms with Gasteiger partial charge in [0.2, 0.25) is 0 Å². The third kappa shape index (κ3) is 6.05. The number of hydrogen-bond acceptors (Lipinski definition) is 3. The summed E-state index contributed by atoms with van der Waals surface area (Å²) in [6.45, 7) is 10.8. The van der Waals surface area contributed by atoms with Crippen molar-refractivity contribution in [2.75, 3.05) is 0 Å². The molecule has 3 aromatic carbocycles. The predicted octanol–water partition coefficient (Wildman–Crippen LogP) is 6.16. The van der Waals surface area contributed by atoms with Crippen LogP contribution in [-0.2, 0) is 6.61 Å². The van der Waals surface area contributed by atoms with Crippen LogP contribution in [0.2, 0.25) is 0 Å². The predicted molar refractivity (Wildman–Crippen MR) is 127 cm³/mol. The Morgan fingerprint density at radius 3 is 2.16 bits per heavy atom. The van der Waals surface area contributed by atoms with Crippen molar-refractivity contribution in [2.24, 2.45) is 5.10 Å². The number of carbonyl (C=O) groups is 1. The summed E-state index contributed by atoms with van der Waals surface area (Å²) < 4.78 is 6.08. The Bertz CT molecular complexity index is 1070. The van der Waals surface area contributed by atoms with E-state index < -0.39 is 0 Å². The van der Waals surface area contributed by atoms with Crippen LogP contribution in [0, 0.1) is 13.8 Å². The van der Waals surface area contributed by atoms with Gasteiger partial charge >= 0.3 is 0 Å². The van der Waals surface area contributed by atoms with E-state index in [9.17, 15) is 4.79 Å². The zero-order valence-electron chi connectivity index (χ0n) is 18.9. The van der Waals surface area contributed by atoms with Crippen LogP contribution < -0.4 is 10.2 Å². The smallest absolute Gasteiger partial charge is 0.271 e. The van der Waals surface area contributed by atoms with Gasteiger partial charge in [-0.3, -0.25) is 4.79 Å². The molecule has 3 aromatic rings. The first-order chi connectivity index (χ1) is 14.8. The molecular weight excluding hydrogens is 384 g/mol. The van der Waals surface area contributed by atoms with Crippen LogP contribution in [0.15, 0.2) is 71.8 Å². The van der Waals surface area contributed by atoms with Gasteiger partial charge in [0.05, 0.1) is 5.71 Å². The minimum atomic E-state index is -0.236. The van der Waals surface area contributed by atoms with Gasteiger partial charge in [0, 0.05) is 5.56 Å². The Balaban J connectivity index is 1.61. The second-order valence-corrected chi connectivity index (χ2v) is 8.19. The topological polar surface area (TPSA) is 50.7 Å². The van der Waals surface area contributed by atoms with E-state index >= 15 is 0 Å². The molecule has 1 amide bonds. The van der Waals surface area contributed by atoms with Gasteiger partial charge in [0.15, 0.2) is 0 Å². The fraction of sp³-hybridized carbons (Fsp3) is 0.259. The lowest BCUT2D eigenvalue weighted by Crippen LogP contribution is -2.19. The van der Waals surface area contributed by atoms with E-state index in [4.69, 9.17) is 4.74 Å². The van der Waals surface area contributed by atoms with Gasteiger partial charge in [-0.05, 0) is 67.1 Å². The maximum atomic E-state index is 12.4. The number of nitrogens with zero attached hydrogens (tertiary/aromatic N) is 1. The minimum Gasteiger partial charge on any atom is -0.489 e. The van der Waals surface area contributed by atoms with E-state index in [0.717, 1.165) is 22.6 Å². The number of ether oxygens (including phenoxy) is 1. The van der Waals surface area contributed by atoms with E-state index in [1.165, 1.54) is 16.7 Å². The Labute approximate surface area is 185 Å². The van der Waals surface area contributed by atoms with Crippen molar-refractivity contribution < 1.29 is 9.53 Å². The van der Waals surface area contributed by atoms with Gasteiger partial charge in [0.25, 0.3) is 5.91 Å². The molecule has 0 fully saturated rings. The number of aryl methyl sites for hydroxylation is 2. The van der Waals surface area contributed by atoms with Gasteiger partial charge in [0.1, 0.15) is 12.4 Å². The number of hydrogen-bond donors (Lipinski definition) is 1. The largest absolute Gasteiger partial charge is 0.489 e. The van der Waals surface area contributed by atoms with Gasteiger partial charge in [-0.15, -0.1) is 0 Å². The standard InChI is InChI=1S/C27H30N2O2/c1-18(2)25-15-8-20(4)16-26(25)31-17-22-9-13-24(14-10-22)27(30)29-28-21(5)23-11-6-19(3)7-12-23/h6-16,18H,17H2,1-5H3,(H,29,30). The Hall–Kier alpha value is -3.40. The molecule has 1 N–H and O–H groups in total. The molecule has 0 radical (unpaired) electrons. The van der Waals surface area contributed by atoms with E-state index in [2.05, 4.69) is 49.5 Å². The summed E-state index contributed by atoms with van der Waals surface area (Å²) in [4.78, 5) is 12.4. The zero-order chi connectivity index (χ0) is 22.4. The normalized spacial score (nSPS) is 11.5. The fourth-order valence-electron chi connectivity index (χ4n) is 3.22. The van der Waals surface area contributed by atoms with Gasteiger partial charge < -0.3 is 4.74 Å². The molecule has 0 saturated carbocycles. The van der Waals surface area contributed by atoms with Crippen molar-refractivity contribution in [2.45, 2.75) is 47.1 Å². The third-order valence-corrected chi connectivity index (χ3v) is 5.20. The number of amides is 1. The van der Waals surface area contributed by atoms with Crippen LogP contribution in [0.25, 0.3) is 0 Å². The molecular formula is C27H30N2O2. The highest BCUT2D eigenvalue weighted by Crippen LogP contribution is 2.28. The van der Waals surface area contributed by atoms with Crippen molar-refractivity contribution in [3.63, 3.8) is 0 Å². The number of rotatable bonds is 7. The molecule has 3 rings (SSSR count). The Morgan fingerprint density at radius 2 is 1.52 bits per heavy atom. The molecule has 0 aromatic heterocycles. The lowest BCUT2D eigenvalue weighted by Gasteiger charge is -2.15. The molecule has 0 unspecified atom stereocenters. The third-order valence-electron chi connectivity index (χ3n) is 5.20. The SMILES string of the molecule is CC(=NNC(=O)c1ccc(COc2cc(C)ccc2C(C)C)cc1)c1ccc(C)cc1. The van der Waals surface area contributed by atoms with Crippen molar-refractivity contribution >= 4 is 11.6 Å². The molecule has 0 atom stereocenters. The number of nitrogens with one attached hydrogen (secondary N) is 1. The van der Waals surface area contributed by atoms with Crippen molar-refractivity contribution in [3.8, 4) is 5.75 Å². The minimum absolute atomic E-state index is 0.236. The lowest BCUT2D eigenvalue weighted by molar-refractivity contribution is 0.0955. The number of carbonyl (C=O) groups excluding carboxylic acids is 1. The van der Waals surface area contributed by atoms with Crippen LogP contribution in [0.4, 0.5) is 0 Å². The molecule has 0 aliphatic carbocycles. The van der Waals surface area contributed by atoms with Gasteiger partial charge in [-0.1, -0.05) is 67.9 Å². The Kier molecular flexibility index (Phi) is 7.24. The molecule has 31 heavy (non-hydrogen) atoms. The summed E-state index contributed by atoms with van der Waals surface area (Å²) >= 11 is 0. The van der Waals surface area contributed by atoms with E-state index in [0.29, 0.717) is 18.1 Å². The second-order valence-electron chi connectivity index (χ2n) is 8.19. The van der Waals surface area contributed by atoms with Gasteiger partial charge in [-0.2, -0.15) is 5.10 Å². The summed E-state index contributed by atoms with van der Waals surface area (Å²) in [6, 6.07) is 21.8. The van der Waals surface area contributed by atoms with Crippen LogP contribution in [0.3, 0.4) is 0 Å². The van der Waals surface area contributed by atoms with E-state index in [-0.39, 0.29) is 5.91 Å². The van der Waals surface area contributed by atoms with Crippen LogP contribution in [0.1, 0.15) is 64.9 Å². The molecule has 0 aliphatic heterocycles. The van der Waals surface area contributed by atoms with E-state index in [1.807, 2.05) is 50.2 Å². The average Bonchev–Trinajstić information content (AvgIpc) is 2.76. The highest BCUT2D eigenvalue weighted by Gasteiger charge is 2.09. The monoisotopic (exact) mass is 414 g/mol. The summed E-state index contributed by atoms with van der Waals surface area (Å²) in [6.07, 6.45) is 0. The summed E-state index contributed by atoms with van der Waals surface area (Å²) in [7, 11) is 0. The molecule has 4 nitrogen and oxygen atoms in total. The second kappa shape index (κ2) is 10.1. The lowest BCUT2D eigenvalue weighted by atomic mass is 10.0. The molecule has 0 aliphatic rings. The first kappa shape index (κ1) is 22.3. The molecule has 0 bridgehead atoms. The molecule has 4 heteroatoms. The zero-order valence-corrected chi connectivity index (χ0v) is 18.9. The number of hydrazone groups is 1. The fourth-order valence-corrected chi connectivity index (χ4v) is 3.22. The molecule has 0 saturated heterocycles. The summed E-state index contributed by atoms with van der Waals surface area (Å²) in [5, 5.41) is 4.23. The van der Waals surface area contributed by atoms with Crippen molar-refractivity contribution in [1.82, 2.24) is 5.43 Å². The van der Waals surface area contributed by atoms with E-state index in [1.54, 1.807) is 12.1 Å². The quantitative estimate of drug-likeness (QED) is 0.372. The maximum Gasteiger partial charge on any atom is 0.271 e. The first-order valence-electron chi connectivity index (χ1n) is 10.6. The highest BCUT2D eigenvalue weighted by molar-refractivity contribution is 6.00. The average molecular weight is 415 g/mol.